The summed E-state index contributed by atoms with van der Waals surface area (Å²) >= 11 is 20.5. The van der Waals surface area contributed by atoms with Gasteiger partial charge >= 0.3 is 7.12 Å². The van der Waals surface area contributed by atoms with Crippen molar-refractivity contribution in [2.45, 2.75) is 97.7 Å². The van der Waals surface area contributed by atoms with Crippen LogP contribution < -0.4 is 55.8 Å². The molecule has 0 unspecified atom stereocenters. The third-order valence-electron chi connectivity index (χ3n) is 17.9. The Morgan fingerprint density at radius 2 is 0.873 bits per heavy atom. The van der Waals surface area contributed by atoms with Gasteiger partial charge in [0, 0.05) is 128 Å². The maximum Gasteiger partial charge on any atom is 0.488 e. The van der Waals surface area contributed by atoms with Crippen molar-refractivity contribution in [2.75, 3.05) is 124 Å². The van der Waals surface area contributed by atoms with E-state index >= 15 is 0 Å². The molecule has 38 heteroatoms. The maximum atomic E-state index is 8.93. The number of morpholine rings is 2. The topological polar surface area (TPSA) is 503 Å². The van der Waals surface area contributed by atoms with E-state index in [0.717, 1.165) is 175 Å². The SMILES string of the molecule is C1COC2(CC2)CN1.CCCOCC.CCCOCC.CCCOCC.Nc1nc(Cl)nc2nc(Cl)ccc12.Nc1ncc2ccc(-c3ccc4c(N)nc(Cl)nc4n3)cc2n1.Nc1ncc2ccc(-c3ccc4c(N)nc(N5CCOC6(CC6)C5)nc4n3)cc2n1.Nc1ncc2ccc(B(O)O)cc2n1.Nc1ncc2ccc(Br)cc2n1. The van der Waals surface area contributed by atoms with Crippen molar-refractivity contribution in [3.63, 3.8) is 0 Å². The van der Waals surface area contributed by atoms with Crippen LogP contribution in [-0.4, -0.2) is 192 Å². The van der Waals surface area contributed by atoms with E-state index in [9.17, 15) is 0 Å². The number of benzene rings is 4. The van der Waals surface area contributed by atoms with E-state index in [1.807, 2.05) is 99.6 Å². The third-order valence-corrected chi connectivity index (χ3v) is 18.9. The van der Waals surface area contributed by atoms with Crippen LogP contribution >= 0.6 is 50.7 Å². The number of nitrogens with two attached hydrogens (primary N) is 7. The van der Waals surface area contributed by atoms with Crippen molar-refractivity contribution >= 4 is 187 Å². The molecule has 14 aromatic rings. The lowest BCUT2D eigenvalue weighted by Crippen LogP contribution is -2.44. The number of fused-ring (bicyclic) bond motifs is 7. The molecule has 2 saturated carbocycles. The fourth-order valence-corrected chi connectivity index (χ4v) is 12.4. The Morgan fingerprint density at radius 3 is 1.30 bits per heavy atom. The van der Waals surface area contributed by atoms with Crippen LogP contribution in [0.15, 0.2) is 138 Å². The Morgan fingerprint density at radius 1 is 0.458 bits per heavy atom. The number of nitrogen functional groups attached to an aromatic ring is 7. The van der Waals surface area contributed by atoms with Gasteiger partial charge in [-0.3, -0.25) is 0 Å². The molecule has 2 saturated heterocycles. The summed E-state index contributed by atoms with van der Waals surface area (Å²) < 4.78 is 27.4. The van der Waals surface area contributed by atoms with Crippen molar-refractivity contribution < 1.29 is 33.7 Å². The van der Waals surface area contributed by atoms with Crippen LogP contribution in [0.5, 0.6) is 0 Å². The first-order valence-electron chi connectivity index (χ1n) is 38.3. The van der Waals surface area contributed by atoms with Gasteiger partial charge in [-0.1, -0.05) is 90.8 Å². The maximum absolute atomic E-state index is 8.93. The molecule has 2 aliphatic carbocycles. The molecule has 4 aliphatic rings. The van der Waals surface area contributed by atoms with Gasteiger partial charge in [-0.2, -0.15) is 19.9 Å². The number of nitrogens with one attached hydrogen (secondary N) is 1. The molecule has 0 amide bonds. The first-order valence-corrected chi connectivity index (χ1v) is 40.2. The van der Waals surface area contributed by atoms with Gasteiger partial charge in [0.25, 0.3) is 0 Å². The smallest absolute Gasteiger partial charge is 0.423 e. The van der Waals surface area contributed by atoms with Gasteiger partial charge in [0.1, 0.15) is 22.6 Å². The van der Waals surface area contributed by atoms with Crippen LogP contribution in [0.1, 0.15) is 86.5 Å². The largest absolute Gasteiger partial charge is 0.488 e. The molecule has 2 aliphatic heterocycles. The number of pyridine rings is 3. The Bertz CT molecular complexity index is 5600. The number of anilines is 8. The molecule has 33 nitrogen and oxygen atoms in total. The Labute approximate surface area is 705 Å². The molecule has 118 heavy (non-hydrogen) atoms. The summed E-state index contributed by atoms with van der Waals surface area (Å²) in [6, 6.07) is 33.1. The number of halogens is 4. The fourth-order valence-electron chi connectivity index (χ4n) is 11.6. The summed E-state index contributed by atoms with van der Waals surface area (Å²) in [4.78, 5) is 72.6. The van der Waals surface area contributed by atoms with Gasteiger partial charge < -0.3 is 84.1 Å². The van der Waals surface area contributed by atoms with Crippen LogP contribution in [0.2, 0.25) is 15.7 Å². The second kappa shape index (κ2) is 43.6. The van der Waals surface area contributed by atoms with Gasteiger partial charge in [-0.05, 0) is 161 Å². The minimum Gasteiger partial charge on any atom is -0.423 e. The van der Waals surface area contributed by atoms with Crippen LogP contribution in [0.25, 0.3) is 99.2 Å². The molecule has 17 N–H and O–H groups in total. The molecular formula is C80H95BBrCl3N26O7. The predicted octanol–water partition coefficient (Wildman–Crippen LogP) is 11.8. The summed E-state index contributed by atoms with van der Waals surface area (Å²) in [7, 11) is -1.49. The Kier molecular flexibility index (Phi) is 33.1. The molecule has 618 valence electrons. The zero-order chi connectivity index (χ0) is 84.3. The highest BCUT2D eigenvalue weighted by Crippen LogP contribution is 2.43. The molecule has 4 fully saturated rings. The second-order valence-electron chi connectivity index (χ2n) is 26.9. The predicted molar refractivity (Wildman–Crippen MR) is 473 cm³/mol. The average molecular weight is 1730 g/mol. The second-order valence-corrected chi connectivity index (χ2v) is 28.9. The molecule has 0 bridgehead atoms. The minimum absolute atomic E-state index is 0.0184. The lowest BCUT2D eigenvalue weighted by Gasteiger charge is -2.33. The van der Waals surface area contributed by atoms with Gasteiger partial charge in [0.15, 0.2) is 16.9 Å². The van der Waals surface area contributed by atoms with E-state index in [4.69, 9.17) is 119 Å². The van der Waals surface area contributed by atoms with E-state index in [0.29, 0.717) is 85.4 Å². The van der Waals surface area contributed by atoms with Gasteiger partial charge in [0.2, 0.25) is 40.3 Å². The number of aromatic nitrogens is 17. The summed E-state index contributed by atoms with van der Waals surface area (Å²) in [5.41, 5.74) is 48.3. The van der Waals surface area contributed by atoms with Gasteiger partial charge in [0.05, 0.1) is 74.0 Å². The van der Waals surface area contributed by atoms with Crippen LogP contribution in [0.4, 0.5) is 47.2 Å². The zero-order valence-corrected chi connectivity index (χ0v) is 70.1. The van der Waals surface area contributed by atoms with Gasteiger partial charge in [-0.15, -0.1) is 0 Å². The lowest BCUT2D eigenvalue weighted by molar-refractivity contribution is 0.00883. The summed E-state index contributed by atoms with van der Waals surface area (Å²) in [5.74, 6) is 2.60. The Hall–Kier alpha value is -10.8. The normalized spacial score (nSPS) is 13.7. The molecule has 0 radical (unpaired) electrons. The average Bonchev–Trinajstić information content (AvgIpc) is 1.70. The van der Waals surface area contributed by atoms with E-state index in [2.05, 4.69) is 122 Å². The van der Waals surface area contributed by atoms with Crippen molar-refractivity contribution in [1.82, 2.24) is 90.0 Å². The van der Waals surface area contributed by atoms with E-state index in [1.54, 1.807) is 55.1 Å². The van der Waals surface area contributed by atoms with Crippen LogP contribution in [-0.2, 0) is 23.7 Å². The van der Waals surface area contributed by atoms with Crippen molar-refractivity contribution in [3.05, 3.63) is 154 Å². The summed E-state index contributed by atoms with van der Waals surface area (Å²) in [6.07, 6.45) is 14.8. The zero-order valence-electron chi connectivity index (χ0n) is 66.3. The lowest BCUT2D eigenvalue weighted by atomic mass is 9.80. The quantitative estimate of drug-likeness (QED) is 0.0222. The standard InChI is InChI=1S/C21H20N8O.C15H10ClN7.C8H8BN3O2.C8H6BrN3.C7H4Cl2N4.C6H11NO.3C5H12O/c22-17-14-3-4-15(12-1-2-13-10-24-19(23)26-16(13)9-12)25-18(14)28-20(27-17)29-7-8-30-21(11-29)5-6-21;16-14-22-12(17)9-3-4-10(20-13(9)23-14)7-1-2-8-6-19-15(18)21-11(8)5-7;10-8-11-4-5-1-2-6(9(13)14)3-7(5)12-8;9-6-2-1-5-4-11-8(10)12-7(5)3-6;8-4-2-1-3-5(10)12-7(9)13-6(3)11-4;1-2-6(1)5-7-3-4-8-6;3*1-3-5-6-4-2/h1-4,9-10H,5-8,11H2,(H2,23,24,26)(H2,22,25,27,28);1-6H,(H2,18,19,21)(H2,17,20,22,23);1-4,13-14H,(H2,10,11,12);1-4H,(H2,10,11,12);1-2H,(H2,10,11,12,13);7H,1-5H2;3*3-5H2,1-2H3. The number of rotatable bonds is 13. The van der Waals surface area contributed by atoms with Crippen LogP contribution in [0.3, 0.4) is 0 Å². The van der Waals surface area contributed by atoms with E-state index in [1.165, 1.54) is 12.8 Å². The number of ether oxygens (including phenoxy) is 5. The minimum atomic E-state index is -1.49. The summed E-state index contributed by atoms with van der Waals surface area (Å²) in [6.45, 7) is 22.9. The molecule has 0 atom stereocenters. The first-order chi connectivity index (χ1) is 56.9. The molecule has 18 rings (SSSR count). The highest BCUT2D eigenvalue weighted by atomic mass is 79.9. The summed E-state index contributed by atoms with van der Waals surface area (Å²) in [5, 5.41) is 27.3. The molecule has 2 spiro atoms. The number of hydrogen-bond acceptors (Lipinski definition) is 33. The highest BCUT2D eigenvalue weighted by Gasteiger charge is 2.48. The number of nitrogens with zero attached hydrogens (tertiary/aromatic N) is 18. The molecule has 12 heterocycles. The van der Waals surface area contributed by atoms with Crippen LogP contribution in [0, 0.1) is 0 Å². The first kappa shape index (κ1) is 89.5. The molecular weight excluding hydrogens is 1630 g/mol. The van der Waals surface area contributed by atoms with Crippen molar-refractivity contribution in [2.24, 2.45) is 0 Å². The molecule has 4 aromatic carbocycles. The van der Waals surface area contributed by atoms with Crippen molar-refractivity contribution in [3.8, 4) is 22.5 Å². The fraction of sp³-hybridized carbons (Fsp3) is 0.338. The van der Waals surface area contributed by atoms with Crippen molar-refractivity contribution in [1.29, 1.82) is 0 Å². The highest BCUT2D eigenvalue weighted by molar-refractivity contribution is 9.10. The van der Waals surface area contributed by atoms with Gasteiger partial charge in [-0.25, -0.2) is 64.8 Å². The number of hydrogen-bond donors (Lipinski definition) is 10. The Balaban J connectivity index is 0.000000149. The molecule has 10 aromatic heterocycles. The van der Waals surface area contributed by atoms with E-state index in [-0.39, 0.29) is 34.0 Å². The van der Waals surface area contributed by atoms with E-state index < -0.39 is 7.12 Å². The third kappa shape index (κ3) is 26.1. The monoisotopic (exact) mass is 1730 g/mol.